The summed E-state index contributed by atoms with van der Waals surface area (Å²) in [5, 5.41) is 0. The third-order valence-corrected chi connectivity index (χ3v) is 5.42. The lowest BCUT2D eigenvalue weighted by Crippen LogP contribution is -2.35. The largest absolute Gasteiger partial charge is 0.398 e. The average Bonchev–Trinajstić information content (AvgIpc) is 2.61. The van der Waals surface area contributed by atoms with Gasteiger partial charge in [-0.1, -0.05) is 25.7 Å². The number of rotatable bonds is 1. The van der Waals surface area contributed by atoms with Gasteiger partial charge in [0.2, 0.25) is 11.8 Å². The van der Waals surface area contributed by atoms with Crippen LogP contribution in [0.3, 0.4) is 0 Å². The van der Waals surface area contributed by atoms with Crippen molar-refractivity contribution >= 4 is 39.1 Å². The molecular formula is C16H19BrN2O2. The molecule has 1 aromatic rings. The van der Waals surface area contributed by atoms with Crippen LogP contribution < -0.4 is 10.6 Å². The number of hydrogen-bond donors (Lipinski definition) is 1. The summed E-state index contributed by atoms with van der Waals surface area (Å²) < 4.78 is 0.773. The van der Waals surface area contributed by atoms with Crippen molar-refractivity contribution in [2.75, 3.05) is 10.6 Å². The highest BCUT2D eigenvalue weighted by Crippen LogP contribution is 2.46. The molecule has 112 valence electrons. The van der Waals surface area contributed by atoms with Gasteiger partial charge >= 0.3 is 0 Å². The maximum Gasteiger partial charge on any atom is 0.240 e. The Morgan fingerprint density at radius 3 is 2.38 bits per heavy atom. The van der Waals surface area contributed by atoms with Crippen molar-refractivity contribution < 1.29 is 9.59 Å². The molecule has 1 aliphatic heterocycles. The van der Waals surface area contributed by atoms with Crippen LogP contribution in [0, 0.1) is 5.41 Å². The quantitative estimate of drug-likeness (QED) is 0.621. The number of nitrogens with two attached hydrogens (primary N) is 1. The minimum absolute atomic E-state index is 0.0314. The first kappa shape index (κ1) is 14.6. The average molecular weight is 351 g/mol. The summed E-state index contributed by atoms with van der Waals surface area (Å²) in [5.74, 6) is -0.125. The maximum atomic E-state index is 12.9. The topological polar surface area (TPSA) is 63.4 Å². The number of anilines is 2. The Morgan fingerprint density at radius 2 is 1.76 bits per heavy atom. The van der Waals surface area contributed by atoms with Crippen molar-refractivity contribution in [1.82, 2.24) is 0 Å². The first-order valence-electron chi connectivity index (χ1n) is 7.46. The van der Waals surface area contributed by atoms with Crippen molar-refractivity contribution in [3.8, 4) is 0 Å². The molecule has 0 bridgehead atoms. The van der Waals surface area contributed by atoms with Gasteiger partial charge in [0.05, 0.1) is 11.1 Å². The summed E-state index contributed by atoms with van der Waals surface area (Å²) in [5.41, 5.74) is 6.54. The fourth-order valence-electron chi connectivity index (χ4n) is 3.52. The number of carbonyl (C=O) groups excluding carboxylic acids is 2. The van der Waals surface area contributed by atoms with Crippen LogP contribution in [0.1, 0.15) is 44.9 Å². The molecule has 2 amide bonds. The van der Waals surface area contributed by atoms with Crippen LogP contribution in [0.2, 0.25) is 0 Å². The van der Waals surface area contributed by atoms with E-state index < -0.39 is 5.41 Å². The lowest BCUT2D eigenvalue weighted by molar-refractivity contribution is -0.126. The molecule has 1 saturated heterocycles. The van der Waals surface area contributed by atoms with Gasteiger partial charge < -0.3 is 5.73 Å². The van der Waals surface area contributed by atoms with Crippen molar-refractivity contribution in [3.63, 3.8) is 0 Å². The van der Waals surface area contributed by atoms with E-state index >= 15 is 0 Å². The van der Waals surface area contributed by atoms with E-state index in [0.29, 0.717) is 17.8 Å². The lowest BCUT2D eigenvalue weighted by atomic mass is 9.79. The number of hydrogen-bond acceptors (Lipinski definition) is 3. The smallest absolute Gasteiger partial charge is 0.240 e. The van der Waals surface area contributed by atoms with Gasteiger partial charge in [-0.05, 0) is 47.0 Å². The van der Waals surface area contributed by atoms with Gasteiger partial charge in [-0.2, -0.15) is 0 Å². The molecular weight excluding hydrogens is 332 g/mol. The van der Waals surface area contributed by atoms with Gasteiger partial charge in [-0.25, -0.2) is 4.90 Å². The third kappa shape index (κ3) is 2.48. The number of carbonyl (C=O) groups is 2. The fraction of sp³-hybridized carbons (Fsp3) is 0.500. The van der Waals surface area contributed by atoms with Crippen LogP contribution in [-0.4, -0.2) is 11.8 Å². The molecule has 0 radical (unpaired) electrons. The molecule has 0 unspecified atom stereocenters. The monoisotopic (exact) mass is 350 g/mol. The first-order chi connectivity index (χ1) is 10.0. The minimum Gasteiger partial charge on any atom is -0.398 e. The molecule has 2 N–H and O–H groups in total. The van der Waals surface area contributed by atoms with Gasteiger partial charge in [-0.15, -0.1) is 0 Å². The number of benzene rings is 1. The van der Waals surface area contributed by atoms with Gasteiger partial charge in [0.25, 0.3) is 0 Å². The Bertz CT molecular complexity index is 592. The van der Waals surface area contributed by atoms with Crippen LogP contribution in [0.25, 0.3) is 0 Å². The predicted molar refractivity (Wildman–Crippen MR) is 85.8 cm³/mol. The second-order valence-corrected chi connectivity index (χ2v) is 6.97. The summed E-state index contributed by atoms with van der Waals surface area (Å²) in [6.07, 6.45) is 6.41. The number of halogens is 1. The maximum absolute atomic E-state index is 12.9. The van der Waals surface area contributed by atoms with Crippen LogP contribution in [0.5, 0.6) is 0 Å². The zero-order valence-corrected chi connectivity index (χ0v) is 13.5. The number of nitrogens with zero attached hydrogens (tertiary/aromatic N) is 1. The molecule has 2 fully saturated rings. The van der Waals surface area contributed by atoms with Gasteiger partial charge in [0, 0.05) is 16.6 Å². The second-order valence-electron chi connectivity index (χ2n) is 6.11. The third-order valence-electron chi connectivity index (χ3n) is 4.69. The Balaban J connectivity index is 1.94. The van der Waals surface area contributed by atoms with Crippen molar-refractivity contribution in [3.05, 3.63) is 22.7 Å². The summed E-state index contributed by atoms with van der Waals surface area (Å²) in [6.45, 7) is 0. The normalized spacial score (nSPS) is 21.9. The van der Waals surface area contributed by atoms with E-state index in [1.165, 1.54) is 4.90 Å². The highest BCUT2D eigenvalue weighted by atomic mass is 79.9. The lowest BCUT2D eigenvalue weighted by Gasteiger charge is -2.25. The molecule has 1 heterocycles. The Hall–Kier alpha value is -1.36. The van der Waals surface area contributed by atoms with Gasteiger partial charge in [-0.3, -0.25) is 9.59 Å². The van der Waals surface area contributed by atoms with Crippen LogP contribution >= 0.6 is 15.9 Å². The van der Waals surface area contributed by atoms with Crippen LogP contribution in [-0.2, 0) is 9.59 Å². The van der Waals surface area contributed by atoms with Gasteiger partial charge in [0.1, 0.15) is 0 Å². The van der Waals surface area contributed by atoms with E-state index in [2.05, 4.69) is 15.9 Å². The number of amides is 2. The Labute approximate surface area is 132 Å². The molecule has 1 saturated carbocycles. The van der Waals surface area contributed by atoms with E-state index in [-0.39, 0.29) is 11.8 Å². The SMILES string of the molecule is Nc1cc(N2C(=O)CC3(CCCCCC3)C2=O)ccc1Br. The summed E-state index contributed by atoms with van der Waals surface area (Å²) >= 11 is 3.34. The molecule has 4 nitrogen and oxygen atoms in total. The van der Waals surface area contributed by atoms with Crippen molar-refractivity contribution in [2.45, 2.75) is 44.9 Å². The molecule has 0 aromatic heterocycles. The molecule has 1 aromatic carbocycles. The molecule has 5 heteroatoms. The molecule has 2 aliphatic rings. The van der Waals surface area contributed by atoms with E-state index in [0.717, 1.165) is 43.0 Å². The summed E-state index contributed by atoms with van der Waals surface area (Å²) in [6, 6.07) is 5.24. The fourth-order valence-corrected chi connectivity index (χ4v) is 3.77. The van der Waals surface area contributed by atoms with Gasteiger partial charge in [0.15, 0.2) is 0 Å². The molecule has 0 atom stereocenters. The number of imide groups is 1. The van der Waals surface area contributed by atoms with E-state index in [9.17, 15) is 9.59 Å². The summed E-state index contributed by atoms with van der Waals surface area (Å²) in [7, 11) is 0. The zero-order chi connectivity index (χ0) is 15.0. The summed E-state index contributed by atoms with van der Waals surface area (Å²) in [4.78, 5) is 26.7. The van der Waals surface area contributed by atoms with Crippen LogP contribution in [0.15, 0.2) is 22.7 Å². The predicted octanol–water partition coefficient (Wildman–Crippen LogP) is 3.64. The van der Waals surface area contributed by atoms with Crippen LogP contribution in [0.4, 0.5) is 11.4 Å². The highest BCUT2D eigenvalue weighted by molar-refractivity contribution is 9.10. The first-order valence-corrected chi connectivity index (χ1v) is 8.25. The second kappa shape index (κ2) is 5.44. The Kier molecular flexibility index (Phi) is 3.78. The zero-order valence-electron chi connectivity index (χ0n) is 11.9. The minimum atomic E-state index is -0.463. The molecule has 1 aliphatic carbocycles. The number of nitrogen functional groups attached to an aromatic ring is 1. The Morgan fingerprint density at radius 1 is 1.10 bits per heavy atom. The standard InChI is InChI=1S/C16H19BrN2O2/c17-12-6-5-11(9-13(12)18)19-14(20)10-16(15(19)21)7-3-1-2-4-8-16/h5-6,9H,1-4,7-8,10,18H2. The highest BCUT2D eigenvalue weighted by Gasteiger charge is 2.51. The van der Waals surface area contributed by atoms with Crippen molar-refractivity contribution in [2.24, 2.45) is 5.41 Å². The van der Waals surface area contributed by atoms with E-state index in [1.54, 1.807) is 18.2 Å². The molecule has 3 rings (SSSR count). The molecule has 21 heavy (non-hydrogen) atoms. The molecule has 1 spiro atoms. The van der Waals surface area contributed by atoms with Crippen molar-refractivity contribution in [1.29, 1.82) is 0 Å². The van der Waals surface area contributed by atoms with E-state index in [1.807, 2.05) is 0 Å². The van der Waals surface area contributed by atoms with E-state index in [4.69, 9.17) is 5.73 Å².